The van der Waals surface area contributed by atoms with Crippen molar-refractivity contribution in [2.75, 3.05) is 18.2 Å². The Morgan fingerprint density at radius 3 is 3.27 bits per heavy atom. The number of amides is 1. The predicted octanol–water partition coefficient (Wildman–Crippen LogP) is -0.602. The Labute approximate surface area is 70.3 Å². The minimum absolute atomic E-state index is 0.00736. The van der Waals surface area contributed by atoms with E-state index in [0.717, 1.165) is 11.6 Å². The van der Waals surface area contributed by atoms with Crippen molar-refractivity contribution in [2.24, 2.45) is 0 Å². The number of hydrogen-bond donors (Lipinski definition) is 2. The van der Waals surface area contributed by atoms with Gasteiger partial charge in [-0.15, -0.1) is 18.2 Å². The van der Waals surface area contributed by atoms with Gasteiger partial charge in [0.2, 0.25) is 5.91 Å². The van der Waals surface area contributed by atoms with Gasteiger partial charge in [0.1, 0.15) is 0 Å². The molecule has 0 saturated carbocycles. The van der Waals surface area contributed by atoms with Crippen LogP contribution in [-0.2, 0) is 4.79 Å². The minimum atomic E-state index is -0.0478. The molecule has 1 amide bonds. The molecule has 0 aliphatic carbocycles. The lowest BCUT2D eigenvalue weighted by Gasteiger charge is -2.07. The molecule has 0 spiro atoms. The predicted molar refractivity (Wildman–Crippen MR) is 46.1 cm³/mol. The van der Waals surface area contributed by atoms with Crippen molar-refractivity contribution in [1.29, 1.82) is 0 Å². The van der Waals surface area contributed by atoms with Crippen molar-refractivity contribution < 1.29 is 4.79 Å². The Balaban J connectivity index is 2.24. The van der Waals surface area contributed by atoms with Gasteiger partial charge in [-0.3, -0.25) is 10.1 Å². The molecule has 2 N–H and O–H groups in total. The molecule has 3 nitrogen and oxygen atoms in total. The fourth-order valence-corrected chi connectivity index (χ4v) is 1.77. The zero-order valence-corrected chi connectivity index (χ0v) is 6.91. The smallest absolute Gasteiger partial charge is 0.238 e. The number of hydrogen-bond acceptors (Lipinski definition) is 3. The molecule has 0 aromatic rings. The van der Waals surface area contributed by atoms with E-state index in [4.69, 9.17) is 6.42 Å². The van der Waals surface area contributed by atoms with Crippen molar-refractivity contribution in [3.63, 3.8) is 0 Å². The van der Waals surface area contributed by atoms with Gasteiger partial charge in [0, 0.05) is 11.6 Å². The molecule has 1 aliphatic rings. The summed E-state index contributed by atoms with van der Waals surface area (Å²) in [4.78, 5) is 11.1. The van der Waals surface area contributed by atoms with E-state index < -0.39 is 0 Å². The van der Waals surface area contributed by atoms with Gasteiger partial charge in [0.25, 0.3) is 0 Å². The first-order valence-electron chi connectivity index (χ1n) is 3.37. The van der Waals surface area contributed by atoms with Gasteiger partial charge < -0.3 is 5.32 Å². The second-order valence-electron chi connectivity index (χ2n) is 2.19. The third kappa shape index (κ3) is 2.45. The third-order valence-electron chi connectivity index (χ3n) is 1.40. The van der Waals surface area contributed by atoms with Crippen LogP contribution in [0.3, 0.4) is 0 Å². The van der Waals surface area contributed by atoms with Crippen molar-refractivity contribution in [3.05, 3.63) is 0 Å². The average Bonchev–Trinajstić information content (AvgIpc) is 2.52. The van der Waals surface area contributed by atoms with E-state index >= 15 is 0 Å². The van der Waals surface area contributed by atoms with E-state index in [0.29, 0.717) is 6.54 Å². The van der Waals surface area contributed by atoms with Crippen molar-refractivity contribution in [1.82, 2.24) is 10.6 Å². The van der Waals surface area contributed by atoms with Crippen LogP contribution in [0.1, 0.15) is 0 Å². The fourth-order valence-electron chi connectivity index (χ4n) is 0.825. The molecule has 0 aromatic carbocycles. The second-order valence-corrected chi connectivity index (χ2v) is 3.22. The number of thioether (sulfide) groups is 1. The Morgan fingerprint density at radius 2 is 2.73 bits per heavy atom. The summed E-state index contributed by atoms with van der Waals surface area (Å²) in [6.45, 7) is 0.321. The summed E-state index contributed by atoms with van der Waals surface area (Å²) in [5.41, 5.74) is 0. The molecule has 1 fully saturated rings. The van der Waals surface area contributed by atoms with Crippen LogP contribution < -0.4 is 10.6 Å². The largest absolute Gasteiger partial charge is 0.344 e. The zero-order chi connectivity index (χ0) is 8.10. The Bertz CT molecular complexity index is 181. The number of carbonyl (C=O) groups excluding carboxylic acids is 1. The van der Waals surface area contributed by atoms with Gasteiger partial charge in [0.15, 0.2) is 0 Å². The molecule has 4 heteroatoms. The highest BCUT2D eigenvalue weighted by Crippen LogP contribution is 2.08. The highest BCUT2D eigenvalue weighted by Gasteiger charge is 2.21. The van der Waals surface area contributed by atoms with Crippen LogP contribution in [0.2, 0.25) is 0 Å². The first-order chi connectivity index (χ1) is 5.34. The topological polar surface area (TPSA) is 41.1 Å². The molecule has 1 heterocycles. The lowest BCUT2D eigenvalue weighted by Crippen LogP contribution is -2.42. The Kier molecular flexibility index (Phi) is 3.27. The van der Waals surface area contributed by atoms with E-state index in [-0.39, 0.29) is 11.9 Å². The summed E-state index contributed by atoms with van der Waals surface area (Å²) in [6, 6.07) is -0.0478. The molecule has 0 radical (unpaired) electrons. The molecule has 11 heavy (non-hydrogen) atoms. The van der Waals surface area contributed by atoms with Crippen molar-refractivity contribution >= 4 is 17.7 Å². The summed E-state index contributed by atoms with van der Waals surface area (Å²) in [5, 5.41) is 5.67. The number of terminal acetylenes is 1. The third-order valence-corrected chi connectivity index (χ3v) is 2.34. The molecule has 0 aromatic heterocycles. The van der Waals surface area contributed by atoms with Crippen molar-refractivity contribution in [3.8, 4) is 12.3 Å². The highest BCUT2D eigenvalue weighted by atomic mass is 32.2. The lowest BCUT2D eigenvalue weighted by atomic mass is 10.3. The van der Waals surface area contributed by atoms with Gasteiger partial charge in [-0.2, -0.15) is 0 Å². The molecule has 1 aliphatic heterocycles. The van der Waals surface area contributed by atoms with Gasteiger partial charge in [0.05, 0.1) is 12.6 Å². The van der Waals surface area contributed by atoms with Gasteiger partial charge in [-0.05, 0) is 0 Å². The standard InChI is InChI=1S/C7H10N2OS/c1-2-3-8-7(10)6-4-11-5-9-6/h1,6,9H,3-5H2,(H,8,10). The van der Waals surface area contributed by atoms with Crippen LogP contribution in [0.25, 0.3) is 0 Å². The lowest BCUT2D eigenvalue weighted by molar-refractivity contribution is -0.122. The van der Waals surface area contributed by atoms with Crippen LogP contribution >= 0.6 is 11.8 Å². The first kappa shape index (κ1) is 8.44. The SMILES string of the molecule is C#CCNC(=O)C1CSCN1. The summed E-state index contributed by atoms with van der Waals surface area (Å²) >= 11 is 1.72. The molecular weight excluding hydrogens is 160 g/mol. The maximum Gasteiger partial charge on any atom is 0.238 e. The molecule has 60 valence electrons. The number of nitrogens with one attached hydrogen (secondary N) is 2. The van der Waals surface area contributed by atoms with Crippen LogP contribution in [0.15, 0.2) is 0 Å². The maximum atomic E-state index is 11.1. The summed E-state index contributed by atoms with van der Waals surface area (Å²) in [7, 11) is 0. The zero-order valence-electron chi connectivity index (χ0n) is 6.09. The monoisotopic (exact) mass is 170 g/mol. The Morgan fingerprint density at radius 1 is 1.91 bits per heavy atom. The van der Waals surface area contributed by atoms with E-state index in [1.165, 1.54) is 0 Å². The highest BCUT2D eigenvalue weighted by molar-refractivity contribution is 7.99. The van der Waals surface area contributed by atoms with Crippen LogP contribution in [0, 0.1) is 12.3 Å². The normalized spacial score (nSPS) is 22.6. The number of rotatable bonds is 2. The summed E-state index contributed by atoms with van der Waals surface area (Å²) < 4.78 is 0. The molecule has 1 atom stereocenters. The van der Waals surface area contributed by atoms with E-state index in [1.807, 2.05) is 0 Å². The summed E-state index contributed by atoms with van der Waals surface area (Å²) in [5.74, 6) is 4.06. The summed E-state index contributed by atoms with van der Waals surface area (Å²) in [6.07, 6.45) is 4.99. The second kappa shape index (κ2) is 4.27. The van der Waals surface area contributed by atoms with Gasteiger partial charge in [-0.25, -0.2) is 0 Å². The molecule has 1 saturated heterocycles. The van der Waals surface area contributed by atoms with Gasteiger partial charge in [-0.1, -0.05) is 5.92 Å². The fraction of sp³-hybridized carbons (Fsp3) is 0.571. The molecule has 1 rings (SSSR count). The molecular formula is C7H10N2OS. The average molecular weight is 170 g/mol. The first-order valence-corrected chi connectivity index (χ1v) is 4.52. The van der Waals surface area contributed by atoms with Crippen LogP contribution in [0.4, 0.5) is 0 Å². The minimum Gasteiger partial charge on any atom is -0.344 e. The van der Waals surface area contributed by atoms with E-state index in [9.17, 15) is 4.79 Å². The molecule has 1 unspecified atom stereocenters. The van der Waals surface area contributed by atoms with Crippen LogP contribution in [0.5, 0.6) is 0 Å². The number of carbonyl (C=O) groups is 1. The van der Waals surface area contributed by atoms with Crippen molar-refractivity contribution in [2.45, 2.75) is 6.04 Å². The Hall–Kier alpha value is -0.660. The van der Waals surface area contributed by atoms with Gasteiger partial charge >= 0.3 is 0 Å². The quantitative estimate of drug-likeness (QED) is 0.544. The van der Waals surface area contributed by atoms with Crippen LogP contribution in [-0.4, -0.2) is 30.1 Å². The van der Waals surface area contributed by atoms with E-state index in [2.05, 4.69) is 16.6 Å². The molecule has 0 bridgehead atoms. The maximum absolute atomic E-state index is 11.1. The van der Waals surface area contributed by atoms with E-state index in [1.54, 1.807) is 11.8 Å².